The molecular formula is C12H19BrN2O2S2. The van der Waals surface area contributed by atoms with Crippen LogP contribution in [0.4, 0.5) is 0 Å². The molecule has 2 N–H and O–H groups in total. The molecule has 108 valence electrons. The summed E-state index contributed by atoms with van der Waals surface area (Å²) in [5.41, 5.74) is 5.57. The Morgan fingerprint density at radius 3 is 2.89 bits per heavy atom. The molecule has 1 aliphatic rings. The second-order valence-electron chi connectivity index (χ2n) is 4.86. The average Bonchev–Trinajstić information content (AvgIpc) is 2.96. The quantitative estimate of drug-likeness (QED) is 0.871. The van der Waals surface area contributed by atoms with Crippen molar-refractivity contribution in [2.24, 2.45) is 11.7 Å². The molecule has 19 heavy (non-hydrogen) atoms. The average molecular weight is 367 g/mol. The van der Waals surface area contributed by atoms with E-state index < -0.39 is 10.0 Å². The molecule has 0 radical (unpaired) electrons. The standard InChI is InChI=1S/C12H19BrN2O2S2/c1-2-3-9-4-5-15(8-9)19(16,17)11-6-10(7-14)18-12(11)13/h6,9H,2-5,7-8,14H2,1H3. The van der Waals surface area contributed by atoms with Crippen molar-refractivity contribution in [2.75, 3.05) is 13.1 Å². The highest BCUT2D eigenvalue weighted by Gasteiger charge is 2.34. The predicted molar refractivity (Wildman–Crippen MR) is 81.7 cm³/mol. The molecule has 0 bridgehead atoms. The Morgan fingerprint density at radius 1 is 1.58 bits per heavy atom. The van der Waals surface area contributed by atoms with Crippen LogP contribution in [-0.4, -0.2) is 25.8 Å². The van der Waals surface area contributed by atoms with E-state index in [4.69, 9.17) is 5.73 Å². The van der Waals surface area contributed by atoms with Gasteiger partial charge in [-0.2, -0.15) is 4.31 Å². The van der Waals surface area contributed by atoms with Gasteiger partial charge in [0.05, 0.1) is 3.79 Å². The van der Waals surface area contributed by atoms with Gasteiger partial charge in [-0.05, 0) is 40.8 Å². The summed E-state index contributed by atoms with van der Waals surface area (Å²) in [5.74, 6) is 0.506. The van der Waals surface area contributed by atoms with Gasteiger partial charge in [0.1, 0.15) is 4.90 Å². The molecule has 2 rings (SSSR count). The van der Waals surface area contributed by atoms with Crippen LogP contribution in [0.15, 0.2) is 14.7 Å². The molecule has 1 unspecified atom stereocenters. The number of hydrogen-bond donors (Lipinski definition) is 1. The minimum Gasteiger partial charge on any atom is -0.326 e. The van der Waals surface area contributed by atoms with E-state index in [-0.39, 0.29) is 0 Å². The Balaban J connectivity index is 2.21. The fraction of sp³-hybridized carbons (Fsp3) is 0.667. The van der Waals surface area contributed by atoms with Crippen molar-refractivity contribution in [1.29, 1.82) is 0 Å². The maximum absolute atomic E-state index is 12.6. The molecule has 1 atom stereocenters. The normalized spacial score (nSPS) is 21.1. The molecule has 1 saturated heterocycles. The second-order valence-corrected chi connectivity index (χ2v) is 9.22. The largest absolute Gasteiger partial charge is 0.326 e. The minimum atomic E-state index is -3.37. The number of hydrogen-bond acceptors (Lipinski definition) is 4. The maximum Gasteiger partial charge on any atom is 0.245 e. The minimum absolute atomic E-state index is 0.370. The number of halogens is 1. The van der Waals surface area contributed by atoms with E-state index in [0.717, 1.165) is 24.1 Å². The van der Waals surface area contributed by atoms with Gasteiger partial charge < -0.3 is 5.73 Å². The van der Waals surface area contributed by atoms with Crippen molar-refractivity contribution in [1.82, 2.24) is 4.31 Å². The smallest absolute Gasteiger partial charge is 0.245 e. The third-order valence-electron chi connectivity index (χ3n) is 3.47. The maximum atomic E-state index is 12.6. The molecular weight excluding hydrogens is 348 g/mol. The highest BCUT2D eigenvalue weighted by atomic mass is 79.9. The lowest BCUT2D eigenvalue weighted by Crippen LogP contribution is -2.28. The summed E-state index contributed by atoms with van der Waals surface area (Å²) < 4.78 is 27.5. The van der Waals surface area contributed by atoms with E-state index in [9.17, 15) is 8.42 Å². The third-order valence-corrected chi connectivity index (χ3v) is 7.61. The molecule has 0 aliphatic carbocycles. The first-order chi connectivity index (χ1) is 8.98. The highest BCUT2D eigenvalue weighted by molar-refractivity contribution is 9.11. The van der Waals surface area contributed by atoms with Crippen molar-refractivity contribution in [3.8, 4) is 0 Å². The Bertz CT molecular complexity index is 542. The molecule has 0 aromatic carbocycles. The van der Waals surface area contributed by atoms with Crippen LogP contribution < -0.4 is 5.73 Å². The molecule has 0 amide bonds. The Morgan fingerprint density at radius 2 is 2.32 bits per heavy atom. The molecule has 0 saturated carbocycles. The van der Waals surface area contributed by atoms with Crippen molar-refractivity contribution >= 4 is 37.3 Å². The lowest BCUT2D eigenvalue weighted by molar-refractivity contribution is 0.444. The van der Waals surface area contributed by atoms with Crippen LogP contribution in [0, 0.1) is 5.92 Å². The first kappa shape index (κ1) is 15.4. The van der Waals surface area contributed by atoms with Crippen molar-refractivity contribution in [3.05, 3.63) is 14.7 Å². The fourth-order valence-electron chi connectivity index (χ4n) is 2.47. The molecule has 2 heterocycles. The molecule has 1 aromatic heterocycles. The first-order valence-corrected chi connectivity index (χ1v) is 9.52. The predicted octanol–water partition coefficient (Wildman–Crippen LogP) is 2.78. The monoisotopic (exact) mass is 366 g/mol. The van der Waals surface area contributed by atoms with E-state index >= 15 is 0 Å². The third kappa shape index (κ3) is 3.21. The van der Waals surface area contributed by atoms with Gasteiger partial charge in [0.15, 0.2) is 0 Å². The molecule has 7 heteroatoms. The van der Waals surface area contributed by atoms with Crippen LogP contribution in [0.3, 0.4) is 0 Å². The summed E-state index contributed by atoms with van der Waals surface area (Å²) in [6.45, 7) is 3.79. The van der Waals surface area contributed by atoms with Crippen molar-refractivity contribution < 1.29 is 8.42 Å². The zero-order valence-corrected chi connectivity index (χ0v) is 14.2. The van der Waals surface area contributed by atoms with Crippen LogP contribution in [0.25, 0.3) is 0 Å². The number of nitrogens with zero attached hydrogens (tertiary/aromatic N) is 1. The molecule has 1 fully saturated rings. The summed E-state index contributed by atoms with van der Waals surface area (Å²) in [4.78, 5) is 1.25. The van der Waals surface area contributed by atoms with E-state index in [1.165, 1.54) is 11.3 Å². The van der Waals surface area contributed by atoms with Crippen LogP contribution in [0.5, 0.6) is 0 Å². The van der Waals surface area contributed by atoms with Gasteiger partial charge in [-0.15, -0.1) is 11.3 Å². The summed E-state index contributed by atoms with van der Waals surface area (Å²) in [6.07, 6.45) is 3.18. The van der Waals surface area contributed by atoms with Crippen molar-refractivity contribution in [2.45, 2.75) is 37.6 Å². The first-order valence-electron chi connectivity index (χ1n) is 6.47. The Hall–Kier alpha value is 0.0500. The van der Waals surface area contributed by atoms with Crippen LogP contribution in [-0.2, 0) is 16.6 Å². The van der Waals surface area contributed by atoms with E-state index in [0.29, 0.717) is 34.2 Å². The van der Waals surface area contributed by atoms with Gasteiger partial charge in [0, 0.05) is 24.5 Å². The number of sulfonamides is 1. The van der Waals surface area contributed by atoms with Crippen molar-refractivity contribution in [3.63, 3.8) is 0 Å². The molecule has 0 spiro atoms. The summed E-state index contributed by atoms with van der Waals surface area (Å²) in [5, 5.41) is 0. The van der Waals surface area contributed by atoms with E-state index in [1.807, 2.05) is 0 Å². The van der Waals surface area contributed by atoms with Crippen LogP contribution in [0.2, 0.25) is 0 Å². The Kier molecular flexibility index (Phi) is 5.05. The number of rotatable bonds is 5. The molecule has 4 nitrogen and oxygen atoms in total. The van der Waals surface area contributed by atoms with Gasteiger partial charge in [-0.25, -0.2) is 8.42 Å². The van der Waals surface area contributed by atoms with E-state index in [2.05, 4.69) is 22.9 Å². The SMILES string of the molecule is CCCC1CCN(S(=O)(=O)c2cc(CN)sc2Br)C1. The zero-order chi connectivity index (χ0) is 14.0. The van der Waals surface area contributed by atoms with Crippen LogP contribution in [0.1, 0.15) is 31.1 Å². The number of thiophene rings is 1. The summed E-state index contributed by atoms with van der Waals surface area (Å²) in [6, 6.07) is 1.69. The van der Waals surface area contributed by atoms with Gasteiger partial charge in [-0.1, -0.05) is 13.3 Å². The molecule has 1 aromatic rings. The molecule has 1 aliphatic heterocycles. The Labute approximate surface area is 127 Å². The number of nitrogens with two attached hydrogens (primary N) is 1. The zero-order valence-electron chi connectivity index (χ0n) is 10.9. The topological polar surface area (TPSA) is 63.4 Å². The lowest BCUT2D eigenvalue weighted by Gasteiger charge is -2.16. The van der Waals surface area contributed by atoms with Gasteiger partial charge in [0.25, 0.3) is 0 Å². The highest BCUT2D eigenvalue weighted by Crippen LogP contribution is 2.35. The van der Waals surface area contributed by atoms with Crippen LogP contribution >= 0.6 is 27.3 Å². The fourth-order valence-corrected chi connectivity index (χ4v) is 6.51. The summed E-state index contributed by atoms with van der Waals surface area (Å²) in [7, 11) is -3.37. The lowest BCUT2D eigenvalue weighted by atomic mass is 10.0. The second kappa shape index (κ2) is 6.22. The van der Waals surface area contributed by atoms with Gasteiger partial charge in [-0.3, -0.25) is 0 Å². The summed E-state index contributed by atoms with van der Waals surface area (Å²) >= 11 is 4.74. The van der Waals surface area contributed by atoms with E-state index in [1.54, 1.807) is 10.4 Å². The van der Waals surface area contributed by atoms with Gasteiger partial charge in [0.2, 0.25) is 10.0 Å². The van der Waals surface area contributed by atoms with Gasteiger partial charge >= 0.3 is 0 Å².